The summed E-state index contributed by atoms with van der Waals surface area (Å²) < 4.78 is 35.8. The van der Waals surface area contributed by atoms with Gasteiger partial charge < -0.3 is 5.11 Å². The Hall–Kier alpha value is 0.204. The van der Waals surface area contributed by atoms with Gasteiger partial charge in [-0.1, -0.05) is 6.92 Å². The van der Waals surface area contributed by atoms with E-state index >= 15 is 0 Å². The number of aliphatic hydroxyl groups excluding tert-OH is 1. The predicted molar refractivity (Wildman–Crippen MR) is 44.4 cm³/mol. The van der Waals surface area contributed by atoms with Gasteiger partial charge in [0.2, 0.25) is 0 Å². The van der Waals surface area contributed by atoms with E-state index in [1.807, 2.05) is 0 Å². The number of halogens is 3. The van der Waals surface area contributed by atoms with Crippen LogP contribution in [0.25, 0.3) is 0 Å². The van der Waals surface area contributed by atoms with Crippen LogP contribution in [0.4, 0.5) is 13.2 Å². The van der Waals surface area contributed by atoms with Crippen LogP contribution in [0.15, 0.2) is 0 Å². The second-order valence-corrected chi connectivity index (χ2v) is 3.24. The molecule has 90 valence electrons. The Morgan fingerprint density at radius 3 is 1.93 bits per heavy atom. The van der Waals surface area contributed by atoms with Crippen molar-refractivity contribution in [2.45, 2.75) is 39.1 Å². The molecule has 0 radical (unpaired) electrons. The van der Waals surface area contributed by atoms with Gasteiger partial charge in [0, 0.05) is 29.1 Å². The normalized spacial score (nSPS) is 14.4. The third kappa shape index (κ3) is 5.83. The molecule has 0 saturated carbocycles. The summed E-state index contributed by atoms with van der Waals surface area (Å²) in [4.78, 5) is 1.57. The van der Waals surface area contributed by atoms with E-state index in [2.05, 4.69) is 0 Å². The minimum Gasteiger partial charge on any atom is -0.382 e. The zero-order valence-electron chi connectivity index (χ0n) is 8.41. The molecule has 2 nitrogen and oxygen atoms in total. The van der Waals surface area contributed by atoms with Crippen molar-refractivity contribution in [2.24, 2.45) is 0 Å². The van der Waals surface area contributed by atoms with Crippen molar-refractivity contribution in [3.8, 4) is 0 Å². The van der Waals surface area contributed by atoms with Crippen molar-refractivity contribution in [1.29, 1.82) is 0 Å². The topological polar surface area (TPSA) is 23.5 Å². The Labute approximate surface area is 92.4 Å². The van der Waals surface area contributed by atoms with Gasteiger partial charge in [0.25, 0.3) is 0 Å². The van der Waals surface area contributed by atoms with Crippen molar-refractivity contribution < 1.29 is 34.8 Å². The molecule has 0 saturated heterocycles. The maximum Gasteiger partial charge on any atom is 0.415 e. The summed E-state index contributed by atoms with van der Waals surface area (Å²) in [5, 5.41) is 8.77. The first-order valence-electron chi connectivity index (χ1n) is 4.27. The maximum absolute atomic E-state index is 11.9. The fourth-order valence-electron chi connectivity index (χ4n) is 1.03. The van der Waals surface area contributed by atoms with E-state index in [1.54, 1.807) is 25.7 Å². The first-order chi connectivity index (χ1) is 5.79. The van der Waals surface area contributed by atoms with E-state index < -0.39 is 12.3 Å². The van der Waals surface area contributed by atoms with Crippen LogP contribution in [-0.4, -0.2) is 41.4 Å². The summed E-state index contributed by atoms with van der Waals surface area (Å²) in [6.45, 7) is 5.52. The first-order valence-corrected chi connectivity index (χ1v) is 4.27. The van der Waals surface area contributed by atoms with E-state index in [0.29, 0.717) is 6.54 Å². The van der Waals surface area contributed by atoms with E-state index in [0.717, 1.165) is 0 Å². The minimum atomic E-state index is -4.51. The summed E-state index contributed by atoms with van der Waals surface area (Å²) >= 11 is 0. The summed E-state index contributed by atoms with van der Waals surface area (Å²) in [6, 6.07) is 0.0157. The van der Waals surface area contributed by atoms with Gasteiger partial charge >= 0.3 is 6.18 Å². The van der Waals surface area contributed by atoms with Crippen LogP contribution in [0.5, 0.6) is 0 Å². The third-order valence-electron chi connectivity index (χ3n) is 1.92. The zero-order chi connectivity index (χ0) is 10.6. The van der Waals surface area contributed by atoms with E-state index in [9.17, 15) is 13.2 Å². The molecular formula is C8H16F3NNiO. The smallest absolute Gasteiger partial charge is 0.382 e. The summed E-state index contributed by atoms with van der Waals surface area (Å²) in [5.74, 6) is 0. The van der Waals surface area contributed by atoms with Crippen LogP contribution < -0.4 is 0 Å². The standard InChI is InChI=1S/C8H16F3NO.Ni/c1-4-12(6(2)3)5-7(13)8(9,10)11;/h6-7,13H,4-5H2,1-3H3;. The molecule has 1 N–H and O–H groups in total. The van der Waals surface area contributed by atoms with Crippen molar-refractivity contribution in [2.75, 3.05) is 13.1 Å². The number of alkyl halides is 3. The Kier molecular flexibility index (Phi) is 7.89. The van der Waals surface area contributed by atoms with Gasteiger partial charge in [-0.3, -0.25) is 4.90 Å². The van der Waals surface area contributed by atoms with Crippen molar-refractivity contribution >= 4 is 0 Å². The first kappa shape index (κ1) is 16.6. The molecule has 0 spiro atoms. The quantitative estimate of drug-likeness (QED) is 0.775. The Morgan fingerprint density at radius 2 is 1.71 bits per heavy atom. The number of hydrogen-bond donors (Lipinski definition) is 1. The van der Waals surface area contributed by atoms with Gasteiger partial charge in [-0.05, 0) is 20.4 Å². The van der Waals surface area contributed by atoms with E-state index in [4.69, 9.17) is 5.11 Å². The molecule has 14 heavy (non-hydrogen) atoms. The molecule has 6 heteroatoms. The molecule has 1 unspecified atom stereocenters. The van der Waals surface area contributed by atoms with Crippen molar-refractivity contribution in [3.05, 3.63) is 0 Å². The molecule has 0 bridgehead atoms. The largest absolute Gasteiger partial charge is 0.415 e. The number of nitrogens with zero attached hydrogens (tertiary/aromatic N) is 1. The number of aliphatic hydroxyl groups is 1. The zero-order valence-corrected chi connectivity index (χ0v) is 9.40. The van der Waals surface area contributed by atoms with Crippen LogP contribution in [0, 0.1) is 0 Å². The van der Waals surface area contributed by atoms with Gasteiger partial charge in [0.1, 0.15) is 0 Å². The molecule has 0 rings (SSSR count). The van der Waals surface area contributed by atoms with Crippen LogP contribution in [-0.2, 0) is 16.5 Å². The number of rotatable bonds is 4. The van der Waals surface area contributed by atoms with Gasteiger partial charge in [-0.15, -0.1) is 0 Å². The van der Waals surface area contributed by atoms with Gasteiger partial charge in [0.15, 0.2) is 6.10 Å². The molecule has 0 heterocycles. The molecule has 0 aliphatic carbocycles. The second-order valence-electron chi connectivity index (χ2n) is 3.24. The molecular weight excluding hydrogens is 242 g/mol. The molecule has 0 amide bonds. The predicted octanol–water partition coefficient (Wildman–Crippen LogP) is 1.64. The molecule has 0 aromatic rings. The average Bonchev–Trinajstić information content (AvgIpc) is 1.96. The molecule has 0 aliphatic heterocycles. The molecule has 0 fully saturated rings. The summed E-state index contributed by atoms with van der Waals surface area (Å²) in [5.41, 5.74) is 0. The van der Waals surface area contributed by atoms with Gasteiger partial charge in [0.05, 0.1) is 0 Å². The van der Waals surface area contributed by atoms with E-state index in [1.165, 1.54) is 0 Å². The third-order valence-corrected chi connectivity index (χ3v) is 1.92. The van der Waals surface area contributed by atoms with Gasteiger partial charge in [-0.2, -0.15) is 13.2 Å². The number of likely N-dealkylation sites (N-methyl/N-ethyl adjacent to an activating group) is 1. The summed E-state index contributed by atoms with van der Waals surface area (Å²) in [7, 11) is 0. The van der Waals surface area contributed by atoms with Crippen molar-refractivity contribution in [1.82, 2.24) is 4.90 Å². The average molecular weight is 258 g/mol. The van der Waals surface area contributed by atoms with Crippen LogP contribution >= 0.6 is 0 Å². The Bertz CT molecular complexity index is 152. The Morgan fingerprint density at radius 1 is 1.29 bits per heavy atom. The summed E-state index contributed by atoms with van der Waals surface area (Å²) in [6.07, 6.45) is -6.75. The number of hydrogen-bond acceptors (Lipinski definition) is 2. The van der Waals surface area contributed by atoms with Crippen molar-refractivity contribution in [3.63, 3.8) is 0 Å². The fourth-order valence-corrected chi connectivity index (χ4v) is 1.03. The van der Waals surface area contributed by atoms with Gasteiger partial charge in [-0.25, -0.2) is 0 Å². The molecule has 0 aliphatic rings. The Balaban J connectivity index is 0. The van der Waals surface area contributed by atoms with Crippen LogP contribution in [0.3, 0.4) is 0 Å². The fraction of sp³-hybridized carbons (Fsp3) is 1.00. The molecule has 0 aromatic heterocycles. The molecule has 1 atom stereocenters. The SMILES string of the molecule is CCN(CC(O)C(F)(F)F)C(C)C.[Ni]. The molecule has 0 aromatic carbocycles. The van der Waals surface area contributed by atoms with Crippen LogP contribution in [0.2, 0.25) is 0 Å². The maximum atomic E-state index is 11.9. The van der Waals surface area contributed by atoms with E-state index in [-0.39, 0.29) is 29.1 Å². The van der Waals surface area contributed by atoms with Crippen LogP contribution in [0.1, 0.15) is 20.8 Å². The minimum absolute atomic E-state index is 0. The monoisotopic (exact) mass is 257 g/mol. The second kappa shape index (κ2) is 6.64.